The van der Waals surface area contributed by atoms with Gasteiger partial charge in [-0.1, -0.05) is 13.0 Å². The fourth-order valence-corrected chi connectivity index (χ4v) is 1.86. The summed E-state index contributed by atoms with van der Waals surface area (Å²) in [5.74, 6) is 2.12. The van der Waals surface area contributed by atoms with E-state index in [2.05, 4.69) is 19.1 Å². The van der Waals surface area contributed by atoms with Crippen molar-refractivity contribution in [1.82, 2.24) is 0 Å². The minimum Gasteiger partial charge on any atom is -0.493 e. The van der Waals surface area contributed by atoms with Crippen LogP contribution in [0.3, 0.4) is 0 Å². The first kappa shape index (κ1) is 13.8. The molecule has 1 aromatic rings. The van der Waals surface area contributed by atoms with E-state index in [1.54, 1.807) is 7.11 Å². The molecule has 96 valence electrons. The minimum absolute atomic E-state index is 0.503. The van der Waals surface area contributed by atoms with Gasteiger partial charge in [0.2, 0.25) is 0 Å². The number of hydrogen-bond acceptors (Lipinski definition) is 3. The first-order valence-electron chi connectivity index (χ1n) is 6.23. The fourth-order valence-electron chi connectivity index (χ4n) is 1.86. The summed E-state index contributed by atoms with van der Waals surface area (Å²) in [6.45, 7) is 5.58. The van der Waals surface area contributed by atoms with Crippen molar-refractivity contribution in [2.45, 2.75) is 32.6 Å². The summed E-state index contributed by atoms with van der Waals surface area (Å²) >= 11 is 0. The van der Waals surface area contributed by atoms with Crippen molar-refractivity contribution in [3.8, 4) is 11.5 Å². The Balaban J connectivity index is 2.80. The monoisotopic (exact) mass is 237 g/mol. The predicted molar refractivity (Wildman–Crippen MR) is 70.9 cm³/mol. The molecule has 3 heteroatoms. The summed E-state index contributed by atoms with van der Waals surface area (Å²) in [7, 11) is 1.67. The molecule has 17 heavy (non-hydrogen) atoms. The van der Waals surface area contributed by atoms with Crippen LogP contribution in [0, 0.1) is 0 Å². The van der Waals surface area contributed by atoms with Crippen LogP contribution in [0.1, 0.15) is 38.2 Å². The molecule has 1 atom stereocenters. The van der Waals surface area contributed by atoms with E-state index in [-0.39, 0.29) is 0 Å². The maximum atomic E-state index is 5.53. The molecule has 0 saturated heterocycles. The highest BCUT2D eigenvalue weighted by molar-refractivity contribution is 5.43. The van der Waals surface area contributed by atoms with Crippen molar-refractivity contribution >= 4 is 0 Å². The minimum atomic E-state index is 0.503. The lowest BCUT2D eigenvalue weighted by Gasteiger charge is -2.15. The van der Waals surface area contributed by atoms with Crippen molar-refractivity contribution in [3.63, 3.8) is 0 Å². The molecule has 0 amide bonds. The van der Waals surface area contributed by atoms with Gasteiger partial charge in [-0.2, -0.15) is 0 Å². The van der Waals surface area contributed by atoms with E-state index < -0.39 is 0 Å². The highest BCUT2D eigenvalue weighted by atomic mass is 16.5. The average Bonchev–Trinajstić information content (AvgIpc) is 2.36. The molecule has 0 saturated carbocycles. The molecule has 0 bridgehead atoms. The van der Waals surface area contributed by atoms with Crippen LogP contribution in [0.5, 0.6) is 11.5 Å². The average molecular weight is 237 g/mol. The second kappa shape index (κ2) is 7.17. The maximum absolute atomic E-state index is 5.53. The summed E-state index contributed by atoms with van der Waals surface area (Å²) in [5.41, 5.74) is 6.81. The Morgan fingerprint density at radius 3 is 2.65 bits per heavy atom. The van der Waals surface area contributed by atoms with Crippen LogP contribution in [0.15, 0.2) is 18.2 Å². The van der Waals surface area contributed by atoms with Crippen LogP contribution in [0.2, 0.25) is 0 Å². The Morgan fingerprint density at radius 2 is 2.06 bits per heavy atom. The third-order valence-corrected chi connectivity index (χ3v) is 2.90. The molecule has 0 aliphatic heterocycles. The molecular weight excluding hydrogens is 214 g/mol. The van der Waals surface area contributed by atoms with Crippen molar-refractivity contribution in [1.29, 1.82) is 0 Å². The largest absolute Gasteiger partial charge is 0.493 e. The zero-order valence-electron chi connectivity index (χ0n) is 11.0. The number of nitrogens with two attached hydrogens (primary N) is 1. The van der Waals surface area contributed by atoms with Crippen LogP contribution < -0.4 is 15.2 Å². The number of hydrogen-bond donors (Lipinski definition) is 1. The van der Waals surface area contributed by atoms with E-state index >= 15 is 0 Å². The Hall–Kier alpha value is -1.22. The normalized spacial score (nSPS) is 12.2. The number of rotatable bonds is 7. The molecule has 0 fully saturated rings. The zero-order chi connectivity index (χ0) is 12.7. The Kier molecular flexibility index (Phi) is 5.84. The quantitative estimate of drug-likeness (QED) is 0.793. The molecule has 0 aliphatic rings. The number of benzene rings is 1. The lowest BCUT2D eigenvalue weighted by atomic mass is 9.96. The Bertz CT molecular complexity index is 339. The van der Waals surface area contributed by atoms with Gasteiger partial charge < -0.3 is 15.2 Å². The first-order valence-corrected chi connectivity index (χ1v) is 6.23. The standard InChI is InChI=1S/C14H23NO2/c1-4-17-13-8-7-12(10-14(13)16-3)11(2)6-5-9-15/h7-8,10-11H,4-6,9,15H2,1-3H3. The van der Waals surface area contributed by atoms with Crippen LogP contribution in [-0.2, 0) is 0 Å². The molecule has 2 N–H and O–H groups in total. The summed E-state index contributed by atoms with van der Waals surface area (Å²) < 4.78 is 10.8. The highest BCUT2D eigenvalue weighted by Crippen LogP contribution is 2.32. The Labute approximate surface area is 104 Å². The zero-order valence-corrected chi connectivity index (χ0v) is 11.0. The molecule has 1 rings (SSSR count). The molecule has 0 aromatic heterocycles. The highest BCUT2D eigenvalue weighted by Gasteiger charge is 2.10. The van der Waals surface area contributed by atoms with Crippen LogP contribution in [0.25, 0.3) is 0 Å². The second-order valence-electron chi connectivity index (χ2n) is 4.18. The van der Waals surface area contributed by atoms with Gasteiger partial charge in [0.05, 0.1) is 13.7 Å². The topological polar surface area (TPSA) is 44.5 Å². The van der Waals surface area contributed by atoms with Gasteiger partial charge in [-0.15, -0.1) is 0 Å². The van der Waals surface area contributed by atoms with Crippen LogP contribution in [-0.4, -0.2) is 20.3 Å². The molecule has 0 aliphatic carbocycles. The lowest BCUT2D eigenvalue weighted by Crippen LogP contribution is -2.02. The summed E-state index contributed by atoms with van der Waals surface area (Å²) in [5, 5.41) is 0. The van der Waals surface area contributed by atoms with E-state index in [4.69, 9.17) is 15.2 Å². The smallest absolute Gasteiger partial charge is 0.161 e. The third kappa shape index (κ3) is 3.93. The summed E-state index contributed by atoms with van der Waals surface area (Å²) in [4.78, 5) is 0. The van der Waals surface area contributed by atoms with E-state index in [0.29, 0.717) is 12.5 Å². The Morgan fingerprint density at radius 1 is 1.29 bits per heavy atom. The van der Waals surface area contributed by atoms with Gasteiger partial charge in [0.25, 0.3) is 0 Å². The van der Waals surface area contributed by atoms with Crippen molar-refractivity contribution in [2.75, 3.05) is 20.3 Å². The van der Waals surface area contributed by atoms with E-state index in [1.807, 2.05) is 13.0 Å². The molecule has 3 nitrogen and oxygen atoms in total. The molecule has 0 radical (unpaired) electrons. The van der Waals surface area contributed by atoms with Gasteiger partial charge in [-0.05, 0) is 49.9 Å². The number of methoxy groups -OCH3 is 1. The van der Waals surface area contributed by atoms with Gasteiger partial charge >= 0.3 is 0 Å². The first-order chi connectivity index (χ1) is 8.22. The molecule has 0 heterocycles. The van der Waals surface area contributed by atoms with Gasteiger partial charge in [0.1, 0.15) is 0 Å². The van der Waals surface area contributed by atoms with E-state index in [1.165, 1.54) is 5.56 Å². The van der Waals surface area contributed by atoms with Gasteiger partial charge in [0.15, 0.2) is 11.5 Å². The van der Waals surface area contributed by atoms with Gasteiger partial charge in [-0.3, -0.25) is 0 Å². The number of ether oxygens (including phenoxy) is 2. The maximum Gasteiger partial charge on any atom is 0.161 e. The van der Waals surface area contributed by atoms with Gasteiger partial charge in [-0.25, -0.2) is 0 Å². The lowest BCUT2D eigenvalue weighted by molar-refractivity contribution is 0.310. The van der Waals surface area contributed by atoms with Crippen LogP contribution in [0.4, 0.5) is 0 Å². The van der Waals surface area contributed by atoms with E-state index in [9.17, 15) is 0 Å². The van der Waals surface area contributed by atoms with Crippen LogP contribution >= 0.6 is 0 Å². The van der Waals surface area contributed by atoms with Crippen molar-refractivity contribution in [3.05, 3.63) is 23.8 Å². The van der Waals surface area contributed by atoms with Gasteiger partial charge in [0, 0.05) is 0 Å². The van der Waals surface area contributed by atoms with E-state index in [0.717, 1.165) is 30.9 Å². The third-order valence-electron chi connectivity index (χ3n) is 2.90. The fraction of sp³-hybridized carbons (Fsp3) is 0.571. The van der Waals surface area contributed by atoms with Crippen molar-refractivity contribution in [2.24, 2.45) is 5.73 Å². The molecule has 1 unspecified atom stereocenters. The summed E-state index contributed by atoms with van der Waals surface area (Å²) in [6.07, 6.45) is 2.16. The molecule has 1 aromatic carbocycles. The predicted octanol–water partition coefficient (Wildman–Crippen LogP) is 2.94. The SMILES string of the molecule is CCOc1ccc(C(C)CCCN)cc1OC. The molecular formula is C14H23NO2. The molecule has 0 spiro atoms. The summed E-state index contributed by atoms with van der Waals surface area (Å²) in [6, 6.07) is 6.15. The second-order valence-corrected chi connectivity index (χ2v) is 4.18. The van der Waals surface area contributed by atoms with Crippen molar-refractivity contribution < 1.29 is 9.47 Å².